The Morgan fingerprint density at radius 2 is 1.71 bits per heavy atom. The minimum absolute atomic E-state index is 0.0524. The summed E-state index contributed by atoms with van der Waals surface area (Å²) in [6.07, 6.45) is 2.37. The number of carbonyl (C=O) groups is 4. The molecule has 17 nitrogen and oxygen atoms in total. The second-order valence-electron chi connectivity index (χ2n) is 8.40. The lowest BCUT2D eigenvalue weighted by Crippen LogP contribution is -2.41. The smallest absolute Gasteiger partial charge is 0.326 e. The van der Waals surface area contributed by atoms with Crippen LogP contribution >= 0.6 is 0 Å². The third-order valence-electron chi connectivity index (χ3n) is 5.39. The van der Waals surface area contributed by atoms with Gasteiger partial charge < -0.3 is 26.6 Å². The molecule has 0 fully saturated rings. The maximum atomic E-state index is 12.3. The number of aliphatic carboxylic acids is 2. The topological polar surface area (TPSA) is 281 Å². The molecule has 0 aliphatic carbocycles. The zero-order valence-electron chi connectivity index (χ0n) is 21.8. The second kappa shape index (κ2) is 14.4. The number of aromatic nitrogens is 5. The molecular formula is C25H26N10O7. The lowest BCUT2D eigenvalue weighted by Gasteiger charge is -2.14. The van der Waals surface area contributed by atoms with Crippen LogP contribution in [0.25, 0.3) is 11.2 Å². The van der Waals surface area contributed by atoms with Gasteiger partial charge in [0.15, 0.2) is 11.2 Å². The number of fused-ring (bicyclic) bond motifs is 1. The molecule has 2 amide bonds. The van der Waals surface area contributed by atoms with E-state index in [1.165, 1.54) is 24.5 Å². The number of aromatic amines is 1. The van der Waals surface area contributed by atoms with Gasteiger partial charge in [-0.3, -0.25) is 34.6 Å². The number of nitrogens with one attached hydrogen (secondary N) is 4. The van der Waals surface area contributed by atoms with Gasteiger partial charge in [-0.05, 0) is 42.8 Å². The number of hydrogen-bond acceptors (Lipinski definition) is 12. The van der Waals surface area contributed by atoms with Gasteiger partial charge in [0.05, 0.1) is 18.4 Å². The number of carboxylic acid groups (broad SMARTS) is 2. The standard InChI is InChI=1S/C19H19N7O6.C6H7N3O/c20-19-25-15-14(17(30)26-19)23-11(8-22-15)7-21-10-3-1-9(2-4-10)16(29)24-12(18(31)32)5-6-13(27)28;7-9-6(10)5-3-1-2-4-8-5/h1-4,8,12,21H,5-7H2,(H,24,29)(H,27,28)(H,31,32)(H3,20,22,25,26,30);1-4H,7H2,(H,9,10). The van der Waals surface area contributed by atoms with Gasteiger partial charge in [-0.25, -0.2) is 20.6 Å². The van der Waals surface area contributed by atoms with Crippen molar-refractivity contribution in [3.8, 4) is 0 Å². The van der Waals surface area contributed by atoms with Gasteiger partial charge in [0.25, 0.3) is 17.4 Å². The largest absolute Gasteiger partial charge is 0.481 e. The summed E-state index contributed by atoms with van der Waals surface area (Å²) in [6, 6.07) is 9.90. The highest BCUT2D eigenvalue weighted by atomic mass is 16.4. The van der Waals surface area contributed by atoms with Crippen LogP contribution in [0.15, 0.2) is 59.7 Å². The van der Waals surface area contributed by atoms with Gasteiger partial charge in [-0.2, -0.15) is 4.98 Å². The van der Waals surface area contributed by atoms with E-state index in [0.717, 1.165) is 0 Å². The minimum Gasteiger partial charge on any atom is -0.481 e. The average Bonchev–Trinajstić information content (AvgIpc) is 2.98. The van der Waals surface area contributed by atoms with E-state index >= 15 is 0 Å². The highest BCUT2D eigenvalue weighted by Crippen LogP contribution is 2.12. The maximum absolute atomic E-state index is 12.3. The lowest BCUT2D eigenvalue weighted by molar-refractivity contribution is -0.140. The molecule has 0 spiro atoms. The number of amides is 2. The SMILES string of the molecule is NNC(=O)c1ccccn1.Nc1nc2ncc(CNc3ccc(C(=O)NC(CCC(=O)O)C(=O)O)cc3)nc2c(=O)[nH]1. The number of hydrogen-bond donors (Lipinski definition) is 8. The van der Waals surface area contributed by atoms with Crippen LogP contribution in [0.1, 0.15) is 39.4 Å². The van der Waals surface area contributed by atoms with Crippen LogP contribution < -0.4 is 33.2 Å². The molecule has 218 valence electrons. The van der Waals surface area contributed by atoms with Crippen molar-refractivity contribution in [2.24, 2.45) is 5.84 Å². The molecule has 0 aliphatic rings. The first kappa shape index (κ1) is 30.6. The van der Waals surface area contributed by atoms with Crippen molar-refractivity contribution in [2.75, 3.05) is 11.1 Å². The fraction of sp³-hybridized carbons (Fsp3) is 0.160. The summed E-state index contributed by atoms with van der Waals surface area (Å²) in [5.41, 5.74) is 8.78. The maximum Gasteiger partial charge on any atom is 0.326 e. The summed E-state index contributed by atoms with van der Waals surface area (Å²) in [5.74, 6) is 1.33. The first-order valence-corrected chi connectivity index (χ1v) is 12.1. The first-order valence-electron chi connectivity index (χ1n) is 12.1. The van der Waals surface area contributed by atoms with Crippen molar-refractivity contribution in [3.05, 3.63) is 82.2 Å². The Balaban J connectivity index is 0.000000408. The van der Waals surface area contributed by atoms with Crippen LogP contribution in [0.5, 0.6) is 0 Å². The monoisotopic (exact) mass is 578 g/mol. The summed E-state index contributed by atoms with van der Waals surface area (Å²) in [6.45, 7) is 0.231. The predicted octanol–water partition coefficient (Wildman–Crippen LogP) is -0.360. The molecule has 0 bridgehead atoms. The van der Waals surface area contributed by atoms with Gasteiger partial charge in [-0.1, -0.05) is 6.07 Å². The molecule has 0 saturated heterocycles. The summed E-state index contributed by atoms with van der Waals surface area (Å²) in [4.78, 5) is 75.0. The van der Waals surface area contributed by atoms with E-state index in [0.29, 0.717) is 17.1 Å². The van der Waals surface area contributed by atoms with Crippen LogP contribution in [0, 0.1) is 0 Å². The number of nitrogen functional groups attached to an aromatic ring is 2. The second-order valence-corrected chi connectivity index (χ2v) is 8.40. The van der Waals surface area contributed by atoms with E-state index in [1.807, 2.05) is 5.43 Å². The number of pyridine rings is 1. The Bertz CT molecular complexity index is 1630. The molecule has 1 atom stereocenters. The van der Waals surface area contributed by atoms with E-state index in [4.69, 9.17) is 21.8 Å². The van der Waals surface area contributed by atoms with Gasteiger partial charge >= 0.3 is 11.9 Å². The molecule has 1 unspecified atom stereocenters. The third kappa shape index (κ3) is 8.78. The summed E-state index contributed by atoms with van der Waals surface area (Å²) in [7, 11) is 0. The Kier molecular flexibility index (Phi) is 10.5. The molecule has 3 aromatic heterocycles. The number of hydrazine groups is 1. The molecule has 1 aromatic carbocycles. The Hall–Kier alpha value is -5.97. The molecule has 42 heavy (non-hydrogen) atoms. The summed E-state index contributed by atoms with van der Waals surface area (Å²) >= 11 is 0. The minimum atomic E-state index is -1.31. The highest BCUT2D eigenvalue weighted by molar-refractivity contribution is 5.97. The molecule has 4 rings (SSSR count). The first-order chi connectivity index (χ1) is 20.1. The molecule has 17 heteroatoms. The number of anilines is 2. The van der Waals surface area contributed by atoms with E-state index in [1.54, 1.807) is 30.3 Å². The summed E-state index contributed by atoms with van der Waals surface area (Å²) < 4.78 is 0. The van der Waals surface area contributed by atoms with Gasteiger partial charge in [0.2, 0.25) is 5.95 Å². The van der Waals surface area contributed by atoms with Crippen molar-refractivity contribution in [2.45, 2.75) is 25.4 Å². The number of carbonyl (C=O) groups excluding carboxylic acids is 2. The molecule has 0 saturated carbocycles. The third-order valence-corrected chi connectivity index (χ3v) is 5.39. The van der Waals surface area contributed by atoms with Crippen LogP contribution in [0.4, 0.5) is 11.6 Å². The van der Waals surface area contributed by atoms with Crippen molar-refractivity contribution in [1.82, 2.24) is 35.7 Å². The van der Waals surface area contributed by atoms with Gasteiger partial charge in [0, 0.05) is 23.9 Å². The number of rotatable bonds is 10. The number of carboxylic acids is 2. The van der Waals surface area contributed by atoms with Crippen LogP contribution in [0.3, 0.4) is 0 Å². The number of nitrogens with zero attached hydrogens (tertiary/aromatic N) is 4. The summed E-state index contributed by atoms with van der Waals surface area (Å²) in [5, 5.41) is 23.2. The number of H-pyrrole nitrogens is 1. The predicted molar refractivity (Wildman–Crippen MR) is 148 cm³/mol. The zero-order chi connectivity index (χ0) is 30.6. The van der Waals surface area contributed by atoms with Crippen molar-refractivity contribution in [3.63, 3.8) is 0 Å². The zero-order valence-corrected chi connectivity index (χ0v) is 21.8. The van der Waals surface area contributed by atoms with Crippen molar-refractivity contribution < 1.29 is 29.4 Å². The van der Waals surface area contributed by atoms with E-state index in [2.05, 4.69) is 35.6 Å². The average molecular weight is 579 g/mol. The molecule has 0 radical (unpaired) electrons. The van der Waals surface area contributed by atoms with Gasteiger partial charge in [-0.15, -0.1) is 0 Å². The quantitative estimate of drug-likeness (QED) is 0.0678. The number of benzene rings is 1. The fourth-order valence-corrected chi connectivity index (χ4v) is 3.33. The molecule has 10 N–H and O–H groups in total. The Morgan fingerprint density at radius 1 is 0.976 bits per heavy atom. The Labute approximate surface area is 236 Å². The Morgan fingerprint density at radius 3 is 2.33 bits per heavy atom. The van der Waals surface area contributed by atoms with Crippen LogP contribution in [0.2, 0.25) is 0 Å². The molecule has 3 heterocycles. The van der Waals surface area contributed by atoms with Crippen LogP contribution in [-0.2, 0) is 16.1 Å². The lowest BCUT2D eigenvalue weighted by atomic mass is 10.1. The van der Waals surface area contributed by atoms with Gasteiger partial charge in [0.1, 0.15) is 11.7 Å². The normalized spacial score (nSPS) is 11.0. The van der Waals surface area contributed by atoms with E-state index in [-0.39, 0.29) is 48.0 Å². The highest BCUT2D eigenvalue weighted by Gasteiger charge is 2.21. The van der Waals surface area contributed by atoms with E-state index < -0.39 is 29.4 Å². The molecular weight excluding hydrogens is 552 g/mol. The number of nitrogens with two attached hydrogens (primary N) is 2. The van der Waals surface area contributed by atoms with E-state index in [9.17, 15) is 24.0 Å². The molecule has 0 aliphatic heterocycles. The van der Waals surface area contributed by atoms with Crippen molar-refractivity contribution in [1.29, 1.82) is 0 Å². The fourth-order valence-electron chi connectivity index (χ4n) is 3.33. The van der Waals surface area contributed by atoms with Crippen molar-refractivity contribution >= 4 is 46.6 Å². The molecule has 4 aromatic rings. The van der Waals surface area contributed by atoms with Crippen LogP contribution in [-0.4, -0.2) is 64.9 Å².